The smallest absolute Gasteiger partial charge is 0.336 e. The quantitative estimate of drug-likeness (QED) is 0.660. The van der Waals surface area contributed by atoms with Crippen LogP contribution in [0, 0.1) is 0 Å². The van der Waals surface area contributed by atoms with Crippen LogP contribution < -0.4 is 0 Å². The summed E-state index contributed by atoms with van der Waals surface area (Å²) in [5.74, 6) is -0.908. The van der Waals surface area contributed by atoms with E-state index in [1.807, 2.05) is 0 Å². The summed E-state index contributed by atoms with van der Waals surface area (Å²) in [6, 6.07) is 13.2. The number of phenolic OH excluding ortho intramolecular Hbond substituents is 1. The lowest BCUT2D eigenvalue weighted by Crippen LogP contribution is -2.00. The van der Waals surface area contributed by atoms with Gasteiger partial charge in [0.1, 0.15) is 5.75 Å². The van der Waals surface area contributed by atoms with Crippen molar-refractivity contribution in [3.05, 3.63) is 65.2 Å². The van der Waals surface area contributed by atoms with Crippen LogP contribution in [0.3, 0.4) is 0 Å². The maximum absolute atomic E-state index is 11.0. The Bertz CT molecular complexity index is 678. The average Bonchev–Trinajstić information content (AvgIpc) is 2.45. The number of para-hydroxylation sites is 1. The minimum atomic E-state index is -1.02. The van der Waals surface area contributed by atoms with Crippen LogP contribution in [0.15, 0.2) is 58.7 Å². The van der Waals surface area contributed by atoms with Gasteiger partial charge in [-0.05, 0) is 18.2 Å². The predicted octanol–water partition coefficient (Wildman–Crippen LogP) is 2.54. The molecule has 0 bridgehead atoms. The van der Waals surface area contributed by atoms with Gasteiger partial charge in [-0.15, -0.1) is 0 Å². The number of benzene rings is 2. The van der Waals surface area contributed by atoms with Gasteiger partial charge in [0, 0.05) is 11.1 Å². The van der Waals surface area contributed by atoms with Gasteiger partial charge in [0.05, 0.1) is 18.0 Å². The molecule has 5 nitrogen and oxygen atoms in total. The molecule has 0 saturated heterocycles. The number of hydrogen-bond acceptors (Lipinski definition) is 4. The predicted molar refractivity (Wildman–Crippen MR) is 76.7 cm³/mol. The van der Waals surface area contributed by atoms with E-state index in [-0.39, 0.29) is 11.3 Å². The van der Waals surface area contributed by atoms with Gasteiger partial charge in [0.25, 0.3) is 0 Å². The normalized spacial score (nSPS) is 11.2. The fraction of sp³-hybridized carbons (Fsp3) is 0. The number of carboxylic acids is 1. The van der Waals surface area contributed by atoms with Gasteiger partial charge in [-0.3, -0.25) is 0 Å². The fourth-order valence-corrected chi connectivity index (χ4v) is 1.59. The summed E-state index contributed by atoms with van der Waals surface area (Å²) >= 11 is 0. The number of rotatable bonds is 4. The monoisotopic (exact) mass is 268 g/mol. The van der Waals surface area contributed by atoms with Crippen molar-refractivity contribution in [3.63, 3.8) is 0 Å². The second kappa shape index (κ2) is 6.29. The number of aromatic carboxylic acids is 1. The Labute approximate surface area is 115 Å². The van der Waals surface area contributed by atoms with Crippen LogP contribution in [0.25, 0.3) is 0 Å². The van der Waals surface area contributed by atoms with Crippen molar-refractivity contribution >= 4 is 18.4 Å². The first kappa shape index (κ1) is 13.5. The second-order valence-corrected chi connectivity index (χ2v) is 3.94. The molecule has 2 aromatic carbocycles. The van der Waals surface area contributed by atoms with Crippen LogP contribution in [-0.4, -0.2) is 28.6 Å². The molecule has 0 unspecified atom stereocenters. The third-order valence-electron chi connectivity index (χ3n) is 2.59. The molecule has 0 radical (unpaired) electrons. The van der Waals surface area contributed by atoms with Crippen molar-refractivity contribution in [1.82, 2.24) is 0 Å². The number of carboxylic acid groups (broad SMARTS) is 1. The zero-order valence-electron chi connectivity index (χ0n) is 10.5. The van der Waals surface area contributed by atoms with Gasteiger partial charge in [-0.2, -0.15) is 10.2 Å². The Balaban J connectivity index is 2.15. The highest BCUT2D eigenvalue weighted by atomic mass is 16.4. The van der Waals surface area contributed by atoms with Crippen LogP contribution in [0.1, 0.15) is 21.5 Å². The molecule has 0 aliphatic heterocycles. The Morgan fingerprint density at radius 1 is 0.900 bits per heavy atom. The first-order valence-electron chi connectivity index (χ1n) is 5.85. The summed E-state index contributed by atoms with van der Waals surface area (Å²) in [7, 11) is 0. The highest BCUT2D eigenvalue weighted by Crippen LogP contribution is 2.12. The van der Waals surface area contributed by atoms with Crippen LogP contribution in [-0.2, 0) is 0 Å². The minimum Gasteiger partial charge on any atom is -0.507 e. The molecule has 0 saturated carbocycles. The number of carbonyl (C=O) groups is 1. The summed E-state index contributed by atoms with van der Waals surface area (Å²) in [5.41, 5.74) is 1.17. The van der Waals surface area contributed by atoms with Crippen LogP contribution >= 0.6 is 0 Å². The second-order valence-electron chi connectivity index (χ2n) is 3.94. The molecule has 0 aromatic heterocycles. The third-order valence-corrected chi connectivity index (χ3v) is 2.59. The van der Waals surface area contributed by atoms with E-state index >= 15 is 0 Å². The van der Waals surface area contributed by atoms with Crippen molar-refractivity contribution in [1.29, 1.82) is 0 Å². The molecule has 0 heterocycles. The summed E-state index contributed by atoms with van der Waals surface area (Å²) in [6.45, 7) is 0. The molecule has 0 spiro atoms. The molecule has 2 aromatic rings. The topological polar surface area (TPSA) is 82.2 Å². The average molecular weight is 268 g/mol. The van der Waals surface area contributed by atoms with Gasteiger partial charge >= 0.3 is 5.97 Å². The maximum atomic E-state index is 11.0. The molecule has 20 heavy (non-hydrogen) atoms. The van der Waals surface area contributed by atoms with Crippen LogP contribution in [0.2, 0.25) is 0 Å². The molecule has 0 aliphatic rings. The number of phenols is 1. The van der Waals surface area contributed by atoms with Crippen molar-refractivity contribution in [3.8, 4) is 5.75 Å². The van der Waals surface area contributed by atoms with Gasteiger partial charge in [-0.25, -0.2) is 4.79 Å². The molecule has 0 aliphatic carbocycles. The SMILES string of the molecule is O=C(O)c1ccccc1C=NN=Cc1ccccc1O. The van der Waals surface area contributed by atoms with Crippen LogP contribution in [0.4, 0.5) is 0 Å². The van der Waals surface area contributed by atoms with Gasteiger partial charge in [0.2, 0.25) is 0 Å². The van der Waals surface area contributed by atoms with Crippen LogP contribution in [0.5, 0.6) is 5.75 Å². The first-order chi connectivity index (χ1) is 9.68. The van der Waals surface area contributed by atoms with Crippen molar-refractivity contribution in [2.24, 2.45) is 10.2 Å². The summed E-state index contributed by atoms with van der Waals surface area (Å²) in [6.07, 6.45) is 2.76. The minimum absolute atomic E-state index is 0.109. The zero-order valence-corrected chi connectivity index (χ0v) is 10.5. The Morgan fingerprint density at radius 2 is 1.45 bits per heavy atom. The molecule has 0 fully saturated rings. The summed E-state index contributed by atoms with van der Waals surface area (Å²) in [4.78, 5) is 11.0. The highest BCUT2D eigenvalue weighted by molar-refractivity contribution is 5.98. The lowest BCUT2D eigenvalue weighted by molar-refractivity contribution is 0.0697. The Kier molecular flexibility index (Phi) is 4.24. The molecule has 0 amide bonds. The summed E-state index contributed by atoms with van der Waals surface area (Å²) < 4.78 is 0. The van der Waals surface area contributed by atoms with E-state index in [0.717, 1.165) is 0 Å². The van der Waals surface area contributed by atoms with E-state index in [9.17, 15) is 9.90 Å². The van der Waals surface area contributed by atoms with Gasteiger partial charge in [-0.1, -0.05) is 30.3 Å². The van der Waals surface area contributed by atoms with E-state index in [1.54, 1.807) is 42.5 Å². The lowest BCUT2D eigenvalue weighted by atomic mass is 10.1. The highest BCUT2D eigenvalue weighted by Gasteiger charge is 2.06. The fourth-order valence-electron chi connectivity index (χ4n) is 1.59. The zero-order chi connectivity index (χ0) is 14.4. The van der Waals surface area contributed by atoms with E-state index in [4.69, 9.17) is 5.11 Å². The van der Waals surface area contributed by atoms with E-state index in [2.05, 4.69) is 10.2 Å². The van der Waals surface area contributed by atoms with Gasteiger partial charge in [0.15, 0.2) is 0 Å². The van der Waals surface area contributed by atoms with E-state index < -0.39 is 5.97 Å². The number of nitrogens with zero attached hydrogens (tertiary/aromatic N) is 2. The molecule has 2 N–H and O–H groups in total. The van der Waals surface area contributed by atoms with E-state index in [0.29, 0.717) is 11.1 Å². The molecule has 5 heteroatoms. The van der Waals surface area contributed by atoms with Gasteiger partial charge < -0.3 is 10.2 Å². The van der Waals surface area contributed by atoms with Crippen molar-refractivity contribution < 1.29 is 15.0 Å². The number of aromatic hydroxyl groups is 1. The Morgan fingerprint density at radius 3 is 2.10 bits per heavy atom. The lowest BCUT2D eigenvalue weighted by Gasteiger charge is -1.98. The molecule has 100 valence electrons. The first-order valence-corrected chi connectivity index (χ1v) is 5.85. The standard InChI is InChI=1S/C15H12N2O3/c18-14-8-4-2-6-12(14)10-17-16-9-11-5-1-3-7-13(11)15(19)20/h1-10,18H,(H,19,20). The molecular weight excluding hydrogens is 256 g/mol. The summed E-state index contributed by atoms with van der Waals surface area (Å²) in [5, 5.41) is 26.1. The molecule has 0 atom stereocenters. The molecule has 2 rings (SSSR count). The largest absolute Gasteiger partial charge is 0.507 e. The van der Waals surface area contributed by atoms with Crippen molar-refractivity contribution in [2.75, 3.05) is 0 Å². The third kappa shape index (κ3) is 3.29. The van der Waals surface area contributed by atoms with E-state index in [1.165, 1.54) is 18.5 Å². The molecular formula is C15H12N2O3. The Hall–Kier alpha value is -2.95. The number of hydrogen-bond donors (Lipinski definition) is 2. The van der Waals surface area contributed by atoms with Crippen molar-refractivity contribution in [2.45, 2.75) is 0 Å². The maximum Gasteiger partial charge on any atom is 0.336 e.